The summed E-state index contributed by atoms with van der Waals surface area (Å²) in [5.41, 5.74) is 2.34. The van der Waals surface area contributed by atoms with Gasteiger partial charge in [-0.3, -0.25) is 9.59 Å². The molecule has 0 aromatic heterocycles. The number of hydrogen-bond acceptors (Lipinski definition) is 2. The molecule has 2 N–H and O–H groups in total. The lowest BCUT2D eigenvalue weighted by molar-refractivity contribution is -0.122. The third-order valence-corrected chi connectivity index (χ3v) is 3.69. The summed E-state index contributed by atoms with van der Waals surface area (Å²) in [7, 11) is 1.40. The number of carbonyl (C=O) groups is 2. The molecule has 2 aromatic rings. The normalized spacial score (nSPS) is 11.7. The molecule has 0 fully saturated rings. The molecule has 24 heavy (non-hydrogen) atoms. The number of halogens is 2. The predicted molar refractivity (Wildman–Crippen MR) is 86.5 cm³/mol. The molecular weight excluding hydrogens is 314 g/mol. The van der Waals surface area contributed by atoms with Crippen LogP contribution in [0.4, 0.5) is 8.78 Å². The van der Waals surface area contributed by atoms with E-state index in [1.54, 1.807) is 19.1 Å². The van der Waals surface area contributed by atoms with Gasteiger partial charge in [0.1, 0.15) is 6.04 Å². The van der Waals surface area contributed by atoms with Gasteiger partial charge in [-0.15, -0.1) is 0 Å². The Hall–Kier alpha value is -2.76. The van der Waals surface area contributed by atoms with E-state index in [2.05, 4.69) is 10.6 Å². The molecule has 0 aliphatic heterocycles. The largest absolute Gasteiger partial charge is 0.357 e. The van der Waals surface area contributed by atoms with Crippen LogP contribution in [0.1, 0.15) is 33.1 Å². The minimum Gasteiger partial charge on any atom is -0.357 e. The van der Waals surface area contributed by atoms with E-state index < -0.39 is 29.5 Å². The van der Waals surface area contributed by atoms with Crippen molar-refractivity contribution in [2.24, 2.45) is 0 Å². The first-order valence-corrected chi connectivity index (χ1v) is 7.38. The minimum atomic E-state index is -1.13. The Bertz CT molecular complexity index is 791. The van der Waals surface area contributed by atoms with Crippen LogP contribution in [-0.2, 0) is 4.79 Å². The van der Waals surface area contributed by atoms with E-state index in [-0.39, 0.29) is 5.56 Å². The third kappa shape index (κ3) is 3.76. The summed E-state index contributed by atoms with van der Waals surface area (Å²) in [6.07, 6.45) is 0. The number of rotatable bonds is 4. The molecule has 0 heterocycles. The van der Waals surface area contributed by atoms with Gasteiger partial charge in [0.2, 0.25) is 5.91 Å². The molecule has 0 aliphatic rings. The summed E-state index contributed by atoms with van der Waals surface area (Å²) in [5, 5.41) is 4.98. The zero-order chi connectivity index (χ0) is 17.9. The van der Waals surface area contributed by atoms with Gasteiger partial charge >= 0.3 is 0 Å². The molecule has 0 aliphatic carbocycles. The summed E-state index contributed by atoms with van der Waals surface area (Å²) >= 11 is 0. The summed E-state index contributed by atoms with van der Waals surface area (Å²) < 4.78 is 26.6. The fourth-order valence-corrected chi connectivity index (χ4v) is 2.41. The van der Waals surface area contributed by atoms with E-state index in [0.29, 0.717) is 5.56 Å². The lowest BCUT2D eigenvalue weighted by Gasteiger charge is -2.18. The van der Waals surface area contributed by atoms with Crippen molar-refractivity contribution in [3.05, 3.63) is 70.3 Å². The van der Waals surface area contributed by atoms with Crippen molar-refractivity contribution in [1.82, 2.24) is 10.6 Å². The number of benzene rings is 2. The van der Waals surface area contributed by atoms with E-state index >= 15 is 0 Å². The van der Waals surface area contributed by atoms with E-state index in [1.807, 2.05) is 13.0 Å². The third-order valence-electron chi connectivity index (χ3n) is 3.69. The monoisotopic (exact) mass is 332 g/mol. The van der Waals surface area contributed by atoms with Crippen LogP contribution in [0.25, 0.3) is 0 Å². The number of hydrogen-bond donors (Lipinski definition) is 2. The van der Waals surface area contributed by atoms with Crippen molar-refractivity contribution >= 4 is 11.8 Å². The summed E-state index contributed by atoms with van der Waals surface area (Å²) in [6.45, 7) is 3.69. The zero-order valence-corrected chi connectivity index (χ0v) is 13.6. The fraction of sp³-hybridized carbons (Fsp3) is 0.222. The van der Waals surface area contributed by atoms with Crippen LogP contribution < -0.4 is 10.6 Å². The number of carbonyl (C=O) groups excluding carboxylic acids is 2. The van der Waals surface area contributed by atoms with E-state index in [9.17, 15) is 18.4 Å². The molecule has 0 spiro atoms. The van der Waals surface area contributed by atoms with Crippen molar-refractivity contribution in [2.75, 3.05) is 7.05 Å². The quantitative estimate of drug-likeness (QED) is 0.904. The van der Waals surface area contributed by atoms with Gasteiger partial charge in [-0.05, 0) is 43.2 Å². The van der Waals surface area contributed by atoms with E-state index in [0.717, 1.165) is 23.3 Å². The van der Waals surface area contributed by atoms with Crippen LogP contribution in [0.15, 0.2) is 36.4 Å². The van der Waals surface area contributed by atoms with Crippen LogP contribution in [0, 0.1) is 25.5 Å². The Morgan fingerprint density at radius 2 is 1.71 bits per heavy atom. The summed E-state index contributed by atoms with van der Waals surface area (Å²) in [4.78, 5) is 24.5. The second-order valence-corrected chi connectivity index (χ2v) is 5.51. The second kappa shape index (κ2) is 7.21. The Labute approximate surface area is 138 Å². The molecule has 0 saturated heterocycles. The smallest absolute Gasteiger partial charge is 0.252 e. The Morgan fingerprint density at radius 1 is 1.00 bits per heavy atom. The van der Waals surface area contributed by atoms with Crippen LogP contribution in [0.5, 0.6) is 0 Å². The Kier molecular flexibility index (Phi) is 5.28. The molecule has 0 bridgehead atoms. The first kappa shape index (κ1) is 17.6. The van der Waals surface area contributed by atoms with Crippen LogP contribution >= 0.6 is 0 Å². The van der Waals surface area contributed by atoms with Crippen molar-refractivity contribution in [3.63, 3.8) is 0 Å². The van der Waals surface area contributed by atoms with Gasteiger partial charge in [0.05, 0.1) is 0 Å². The lowest BCUT2D eigenvalue weighted by Crippen LogP contribution is -2.39. The van der Waals surface area contributed by atoms with Gasteiger partial charge < -0.3 is 10.6 Å². The van der Waals surface area contributed by atoms with Gasteiger partial charge in [-0.25, -0.2) is 8.78 Å². The molecule has 2 amide bonds. The highest BCUT2D eigenvalue weighted by atomic mass is 19.2. The Balaban J connectivity index is 2.33. The Morgan fingerprint density at radius 3 is 2.29 bits per heavy atom. The standard InChI is InChI=1S/C18H18F2N2O2/c1-10-4-6-13(11(2)8-10)17(23)22-16(18(24)21-3)12-5-7-14(19)15(20)9-12/h4-9,16H,1-3H3,(H,21,24)(H,22,23). The first-order chi connectivity index (χ1) is 11.3. The molecule has 1 unspecified atom stereocenters. The number of nitrogens with one attached hydrogen (secondary N) is 2. The molecule has 126 valence electrons. The minimum absolute atomic E-state index is 0.159. The summed E-state index contributed by atoms with van der Waals surface area (Å²) in [5.74, 6) is -3.10. The fourth-order valence-electron chi connectivity index (χ4n) is 2.41. The molecular formula is C18H18F2N2O2. The number of amides is 2. The topological polar surface area (TPSA) is 58.2 Å². The molecule has 2 aromatic carbocycles. The van der Waals surface area contributed by atoms with Gasteiger partial charge in [-0.1, -0.05) is 23.8 Å². The van der Waals surface area contributed by atoms with Crippen LogP contribution in [0.2, 0.25) is 0 Å². The van der Waals surface area contributed by atoms with Gasteiger partial charge in [0.15, 0.2) is 11.6 Å². The summed E-state index contributed by atoms with van der Waals surface area (Å²) in [6, 6.07) is 7.25. The van der Waals surface area contributed by atoms with Crippen molar-refractivity contribution < 1.29 is 18.4 Å². The average molecular weight is 332 g/mol. The molecule has 4 nitrogen and oxygen atoms in total. The second-order valence-electron chi connectivity index (χ2n) is 5.51. The molecule has 0 saturated carbocycles. The molecule has 0 radical (unpaired) electrons. The lowest BCUT2D eigenvalue weighted by atomic mass is 10.0. The molecule has 6 heteroatoms. The highest BCUT2D eigenvalue weighted by molar-refractivity contribution is 5.98. The number of likely N-dealkylation sites (N-methyl/N-ethyl adjacent to an activating group) is 1. The van der Waals surface area contributed by atoms with E-state index in [4.69, 9.17) is 0 Å². The molecule has 1 atom stereocenters. The van der Waals surface area contributed by atoms with Crippen molar-refractivity contribution in [1.29, 1.82) is 0 Å². The highest BCUT2D eigenvalue weighted by Gasteiger charge is 2.24. The average Bonchev–Trinajstić information content (AvgIpc) is 2.54. The van der Waals surface area contributed by atoms with Gasteiger partial charge in [0.25, 0.3) is 5.91 Å². The zero-order valence-electron chi connectivity index (χ0n) is 13.6. The maximum atomic E-state index is 13.5. The first-order valence-electron chi connectivity index (χ1n) is 7.38. The van der Waals surface area contributed by atoms with E-state index in [1.165, 1.54) is 13.1 Å². The van der Waals surface area contributed by atoms with Crippen LogP contribution in [-0.4, -0.2) is 18.9 Å². The van der Waals surface area contributed by atoms with Gasteiger partial charge in [-0.2, -0.15) is 0 Å². The van der Waals surface area contributed by atoms with Gasteiger partial charge in [0, 0.05) is 12.6 Å². The van der Waals surface area contributed by atoms with Crippen LogP contribution in [0.3, 0.4) is 0 Å². The number of aryl methyl sites for hydroxylation is 2. The highest BCUT2D eigenvalue weighted by Crippen LogP contribution is 2.18. The van der Waals surface area contributed by atoms with Crippen molar-refractivity contribution in [3.8, 4) is 0 Å². The maximum Gasteiger partial charge on any atom is 0.252 e. The maximum absolute atomic E-state index is 13.5. The van der Waals surface area contributed by atoms with Crippen molar-refractivity contribution in [2.45, 2.75) is 19.9 Å². The predicted octanol–water partition coefficient (Wildman–Crippen LogP) is 2.80. The molecule has 2 rings (SSSR count). The SMILES string of the molecule is CNC(=O)C(NC(=O)c1ccc(C)cc1C)c1ccc(F)c(F)c1.